The molecule has 2 heterocycles. The van der Waals surface area contributed by atoms with Crippen LogP contribution in [0, 0.1) is 5.82 Å². The molecule has 3 rings (SSSR count). The van der Waals surface area contributed by atoms with Crippen LogP contribution in [-0.4, -0.2) is 24.7 Å². The molecule has 2 aromatic rings. The van der Waals surface area contributed by atoms with Gasteiger partial charge in [0.2, 0.25) is 0 Å². The zero-order valence-electron chi connectivity index (χ0n) is 11.3. The van der Waals surface area contributed by atoms with Gasteiger partial charge in [-0.05, 0) is 5.56 Å². The third-order valence-electron chi connectivity index (χ3n) is 3.45. The Labute approximate surface area is 127 Å². The molecule has 0 aliphatic carbocycles. The highest BCUT2D eigenvalue weighted by atomic mass is 35.5. The van der Waals surface area contributed by atoms with E-state index in [1.165, 1.54) is 6.07 Å². The molecule has 21 heavy (non-hydrogen) atoms. The average Bonchev–Trinajstić information content (AvgIpc) is 2.52. The molecule has 1 saturated heterocycles. The van der Waals surface area contributed by atoms with Crippen LogP contribution in [0.1, 0.15) is 11.7 Å². The van der Waals surface area contributed by atoms with E-state index in [4.69, 9.17) is 22.1 Å². The number of morpholine rings is 1. The molecule has 0 bridgehead atoms. The molecule has 4 nitrogen and oxygen atoms in total. The van der Waals surface area contributed by atoms with Crippen molar-refractivity contribution in [3.05, 3.63) is 46.9 Å². The van der Waals surface area contributed by atoms with Gasteiger partial charge in [0, 0.05) is 24.7 Å². The fourth-order valence-corrected chi connectivity index (χ4v) is 2.49. The molecule has 1 aromatic heterocycles. The summed E-state index contributed by atoms with van der Waals surface area (Å²) in [5, 5.41) is 3.11. The standard InChI is InChI=1S/C15H15ClFN3O/c16-15-11(17)7-12(18)14(20-15)10-3-1-9(2-4-10)13-8-19-5-6-21-13/h1-4,7,13,19H,5-6,8,18H2/t13-/m1/s1. The lowest BCUT2D eigenvalue weighted by Gasteiger charge is -2.24. The second-order valence-corrected chi connectivity index (χ2v) is 5.24. The Kier molecular flexibility index (Phi) is 4.05. The number of aromatic nitrogens is 1. The Balaban J connectivity index is 1.88. The van der Waals surface area contributed by atoms with Crippen molar-refractivity contribution in [1.82, 2.24) is 10.3 Å². The number of pyridine rings is 1. The van der Waals surface area contributed by atoms with E-state index in [2.05, 4.69) is 10.3 Å². The SMILES string of the molecule is Nc1cc(F)c(Cl)nc1-c1ccc([C@H]2CNCCO2)cc1. The van der Waals surface area contributed by atoms with Gasteiger partial charge in [0.05, 0.1) is 24.1 Å². The van der Waals surface area contributed by atoms with Crippen molar-refractivity contribution < 1.29 is 9.13 Å². The van der Waals surface area contributed by atoms with Crippen molar-refractivity contribution in [2.75, 3.05) is 25.4 Å². The Morgan fingerprint density at radius 3 is 2.76 bits per heavy atom. The second kappa shape index (κ2) is 5.97. The summed E-state index contributed by atoms with van der Waals surface area (Å²) in [7, 11) is 0. The molecule has 1 aliphatic heterocycles. The summed E-state index contributed by atoms with van der Waals surface area (Å²) in [6.07, 6.45) is 0.0508. The third kappa shape index (κ3) is 3.00. The topological polar surface area (TPSA) is 60.2 Å². The normalized spacial score (nSPS) is 18.7. The van der Waals surface area contributed by atoms with E-state index in [0.29, 0.717) is 12.3 Å². The Morgan fingerprint density at radius 2 is 2.10 bits per heavy atom. The number of halogens is 2. The number of nitrogens with one attached hydrogen (secondary N) is 1. The highest BCUT2D eigenvalue weighted by Gasteiger charge is 2.16. The monoisotopic (exact) mass is 307 g/mol. The van der Waals surface area contributed by atoms with Gasteiger partial charge in [0.1, 0.15) is 0 Å². The third-order valence-corrected chi connectivity index (χ3v) is 3.71. The minimum Gasteiger partial charge on any atom is -0.397 e. The van der Waals surface area contributed by atoms with Gasteiger partial charge >= 0.3 is 0 Å². The molecule has 0 saturated carbocycles. The molecule has 1 aromatic carbocycles. The maximum absolute atomic E-state index is 13.3. The maximum Gasteiger partial charge on any atom is 0.165 e. The lowest BCUT2D eigenvalue weighted by Crippen LogP contribution is -2.33. The molecular weight excluding hydrogens is 293 g/mol. The van der Waals surface area contributed by atoms with Gasteiger partial charge in [-0.3, -0.25) is 0 Å². The van der Waals surface area contributed by atoms with E-state index < -0.39 is 5.82 Å². The van der Waals surface area contributed by atoms with E-state index in [9.17, 15) is 4.39 Å². The second-order valence-electron chi connectivity index (χ2n) is 4.88. The first kappa shape index (κ1) is 14.3. The minimum atomic E-state index is -0.615. The van der Waals surface area contributed by atoms with E-state index >= 15 is 0 Å². The van der Waals surface area contributed by atoms with Crippen LogP contribution in [0.25, 0.3) is 11.3 Å². The van der Waals surface area contributed by atoms with Crippen molar-refractivity contribution in [3.63, 3.8) is 0 Å². The molecule has 0 unspecified atom stereocenters. The highest BCUT2D eigenvalue weighted by Crippen LogP contribution is 2.29. The molecule has 6 heteroatoms. The summed E-state index contributed by atoms with van der Waals surface area (Å²) >= 11 is 5.72. The van der Waals surface area contributed by atoms with Gasteiger partial charge in [0.25, 0.3) is 0 Å². The van der Waals surface area contributed by atoms with Gasteiger partial charge in [-0.1, -0.05) is 35.9 Å². The summed E-state index contributed by atoms with van der Waals surface area (Å²) in [6.45, 7) is 2.37. The van der Waals surface area contributed by atoms with Gasteiger partial charge in [-0.2, -0.15) is 0 Å². The summed E-state index contributed by atoms with van der Waals surface area (Å²) in [5.74, 6) is -0.615. The van der Waals surface area contributed by atoms with Gasteiger partial charge < -0.3 is 15.8 Å². The van der Waals surface area contributed by atoms with Crippen LogP contribution in [0.2, 0.25) is 5.15 Å². The number of hydrogen-bond acceptors (Lipinski definition) is 4. The van der Waals surface area contributed by atoms with Crippen molar-refractivity contribution in [2.45, 2.75) is 6.10 Å². The molecule has 1 fully saturated rings. The predicted molar refractivity (Wildman–Crippen MR) is 80.6 cm³/mol. The van der Waals surface area contributed by atoms with E-state index in [1.807, 2.05) is 24.3 Å². The minimum absolute atomic E-state index is 0.0508. The molecule has 3 N–H and O–H groups in total. The summed E-state index contributed by atoms with van der Waals surface area (Å²) in [4.78, 5) is 4.01. The maximum atomic E-state index is 13.3. The predicted octanol–water partition coefficient (Wildman–Crippen LogP) is 2.78. The van der Waals surface area contributed by atoms with Crippen molar-refractivity contribution in [1.29, 1.82) is 0 Å². The molecule has 1 aliphatic rings. The Bertz CT molecular complexity index is 642. The van der Waals surface area contributed by atoms with Gasteiger partial charge in [-0.25, -0.2) is 9.37 Å². The highest BCUT2D eigenvalue weighted by molar-refractivity contribution is 6.29. The zero-order valence-corrected chi connectivity index (χ0v) is 12.0. The van der Waals surface area contributed by atoms with Gasteiger partial charge in [-0.15, -0.1) is 0 Å². The number of nitrogen functional groups attached to an aromatic ring is 1. The van der Waals surface area contributed by atoms with Crippen LogP contribution in [0.15, 0.2) is 30.3 Å². The number of anilines is 1. The van der Waals surface area contributed by atoms with Crippen molar-refractivity contribution >= 4 is 17.3 Å². The van der Waals surface area contributed by atoms with Crippen molar-refractivity contribution in [3.8, 4) is 11.3 Å². The smallest absolute Gasteiger partial charge is 0.165 e. The number of nitrogens with two attached hydrogens (primary N) is 1. The molecule has 0 radical (unpaired) electrons. The van der Waals surface area contributed by atoms with E-state index in [0.717, 1.165) is 24.2 Å². The Hall–Kier alpha value is -1.69. The van der Waals surface area contributed by atoms with Gasteiger partial charge in [0.15, 0.2) is 11.0 Å². The number of ether oxygens (including phenoxy) is 1. The number of rotatable bonds is 2. The van der Waals surface area contributed by atoms with Crippen LogP contribution in [0.3, 0.4) is 0 Å². The lowest BCUT2D eigenvalue weighted by atomic mass is 10.0. The average molecular weight is 308 g/mol. The van der Waals surface area contributed by atoms with Crippen LogP contribution in [-0.2, 0) is 4.74 Å². The summed E-state index contributed by atoms with van der Waals surface area (Å²) in [6, 6.07) is 8.89. The number of benzene rings is 1. The van der Waals surface area contributed by atoms with Crippen LogP contribution < -0.4 is 11.1 Å². The quantitative estimate of drug-likeness (QED) is 0.838. The Morgan fingerprint density at radius 1 is 1.33 bits per heavy atom. The first-order valence-corrected chi connectivity index (χ1v) is 7.07. The number of nitrogens with zero attached hydrogens (tertiary/aromatic N) is 1. The zero-order chi connectivity index (χ0) is 14.8. The fourth-order valence-electron chi connectivity index (χ4n) is 2.35. The fraction of sp³-hybridized carbons (Fsp3) is 0.267. The molecular formula is C15H15ClFN3O. The number of hydrogen-bond donors (Lipinski definition) is 2. The van der Waals surface area contributed by atoms with Crippen LogP contribution in [0.4, 0.5) is 10.1 Å². The van der Waals surface area contributed by atoms with E-state index in [1.54, 1.807) is 0 Å². The molecule has 110 valence electrons. The lowest BCUT2D eigenvalue weighted by molar-refractivity contribution is 0.0277. The first-order valence-electron chi connectivity index (χ1n) is 6.69. The molecule has 0 spiro atoms. The van der Waals surface area contributed by atoms with Crippen molar-refractivity contribution in [2.24, 2.45) is 0 Å². The van der Waals surface area contributed by atoms with Crippen LogP contribution in [0.5, 0.6) is 0 Å². The first-order chi connectivity index (χ1) is 10.1. The largest absolute Gasteiger partial charge is 0.397 e. The van der Waals surface area contributed by atoms with Crippen LogP contribution >= 0.6 is 11.6 Å². The summed E-state index contributed by atoms with van der Waals surface area (Å²) < 4.78 is 19.0. The summed E-state index contributed by atoms with van der Waals surface area (Å²) in [5.41, 5.74) is 8.43. The molecule has 0 amide bonds. The van der Waals surface area contributed by atoms with E-state index in [-0.39, 0.29) is 16.9 Å². The molecule has 1 atom stereocenters.